The SMILES string of the molecule is CCCCCCCCc1ccc(N=c2c3cc(-c4ccc(CCCCCCCC)s4)c4cccc5c(=Nc6ccc(CCCCCCCC)cc6)c6cc(-c7ccc(CCCCCCCC)s7)c7cccc2c7c6-c3c45)cc1. The molecule has 0 spiro atoms. The first-order chi connectivity index (χ1) is 38.6. The van der Waals surface area contributed by atoms with Crippen molar-refractivity contribution in [1.82, 2.24) is 0 Å². The highest BCUT2D eigenvalue weighted by molar-refractivity contribution is 7.16. The van der Waals surface area contributed by atoms with Crippen molar-refractivity contribution >= 4 is 77.1 Å². The Labute approximate surface area is 476 Å². The maximum atomic E-state index is 5.82. The smallest absolute Gasteiger partial charge is 0.0794 e. The van der Waals surface area contributed by atoms with E-state index in [4.69, 9.17) is 9.98 Å². The van der Waals surface area contributed by atoms with Gasteiger partial charge in [-0.2, -0.15) is 0 Å². The molecule has 2 aliphatic carbocycles. The van der Waals surface area contributed by atoms with E-state index in [0.717, 1.165) is 47.8 Å². The maximum Gasteiger partial charge on any atom is 0.0794 e. The Morgan fingerprint density at radius 2 is 0.641 bits per heavy atom. The second-order valence-electron chi connectivity index (χ2n) is 23.0. The fourth-order valence-electron chi connectivity index (χ4n) is 12.6. The zero-order valence-corrected chi connectivity index (χ0v) is 49.7. The van der Waals surface area contributed by atoms with E-state index in [1.807, 2.05) is 22.7 Å². The number of aryl methyl sites for hydroxylation is 4. The highest BCUT2D eigenvalue weighted by Crippen LogP contribution is 2.51. The predicted octanol–water partition coefficient (Wildman–Crippen LogP) is 23.3. The molecule has 0 fully saturated rings. The van der Waals surface area contributed by atoms with E-state index in [2.05, 4.69) is 149 Å². The molecule has 2 nitrogen and oxygen atoms in total. The van der Waals surface area contributed by atoms with Gasteiger partial charge in [0, 0.05) is 74.1 Å². The molecule has 6 aromatic carbocycles. The first kappa shape index (κ1) is 55.9. The molecule has 10 rings (SSSR count). The molecule has 0 amide bonds. The van der Waals surface area contributed by atoms with Crippen LogP contribution in [0.25, 0.3) is 75.1 Å². The lowest BCUT2D eigenvalue weighted by atomic mass is 9.78. The average molecular weight is 1070 g/mol. The number of hydrogen-bond acceptors (Lipinski definition) is 4. The zero-order chi connectivity index (χ0) is 53.5. The third-order valence-electron chi connectivity index (χ3n) is 17.0. The molecular formula is C74H88N2S2. The average Bonchev–Trinajstić information content (AvgIpc) is 4.06. The molecule has 0 atom stereocenters. The van der Waals surface area contributed by atoms with E-state index in [1.54, 1.807) is 0 Å². The molecule has 2 aliphatic rings. The summed E-state index contributed by atoms with van der Waals surface area (Å²) in [5.41, 5.74) is 10.1. The molecule has 0 aliphatic heterocycles. The lowest BCUT2D eigenvalue weighted by molar-refractivity contribution is 0.607. The zero-order valence-electron chi connectivity index (χ0n) is 48.1. The Morgan fingerprint density at radius 3 is 1.01 bits per heavy atom. The highest BCUT2D eigenvalue weighted by atomic mass is 32.1. The third-order valence-corrected chi connectivity index (χ3v) is 19.4. The molecule has 2 heterocycles. The normalized spacial score (nSPS) is 12.7. The lowest BCUT2D eigenvalue weighted by Gasteiger charge is -2.25. The van der Waals surface area contributed by atoms with Crippen molar-refractivity contribution in [2.45, 2.75) is 207 Å². The van der Waals surface area contributed by atoms with Gasteiger partial charge in [-0.15, -0.1) is 22.7 Å². The lowest BCUT2D eigenvalue weighted by Crippen LogP contribution is -2.15. The number of rotatable bonds is 32. The predicted molar refractivity (Wildman–Crippen MR) is 345 cm³/mol. The molecule has 4 heteroatoms. The number of nitrogens with zero attached hydrogens (tertiary/aromatic N) is 2. The largest absolute Gasteiger partial charge is 0.248 e. The van der Waals surface area contributed by atoms with Crippen LogP contribution in [-0.4, -0.2) is 0 Å². The Kier molecular flexibility index (Phi) is 20.2. The summed E-state index contributed by atoms with van der Waals surface area (Å²) in [6, 6.07) is 47.3. The topological polar surface area (TPSA) is 24.7 Å². The van der Waals surface area contributed by atoms with Crippen molar-refractivity contribution in [3.63, 3.8) is 0 Å². The van der Waals surface area contributed by atoms with E-state index in [9.17, 15) is 0 Å². The highest BCUT2D eigenvalue weighted by Gasteiger charge is 2.28. The van der Waals surface area contributed by atoms with E-state index >= 15 is 0 Å². The van der Waals surface area contributed by atoms with Gasteiger partial charge in [-0.05, 0) is 134 Å². The first-order valence-electron chi connectivity index (χ1n) is 31.3. The summed E-state index contributed by atoms with van der Waals surface area (Å²) in [6.07, 6.45) is 36.1. The molecule has 8 aromatic rings. The van der Waals surface area contributed by atoms with Crippen molar-refractivity contribution in [2.24, 2.45) is 9.98 Å². The molecule has 0 saturated heterocycles. The van der Waals surface area contributed by atoms with Crippen LogP contribution in [0.1, 0.15) is 203 Å². The molecule has 2 aromatic heterocycles. The summed E-state index contributed by atoms with van der Waals surface area (Å²) in [5.74, 6) is 0. The van der Waals surface area contributed by atoms with E-state index in [1.165, 1.54) is 250 Å². The number of benzene rings is 8. The van der Waals surface area contributed by atoms with Gasteiger partial charge in [0.25, 0.3) is 0 Å². The number of hydrogen-bond donors (Lipinski definition) is 0. The fourth-order valence-corrected chi connectivity index (χ4v) is 14.8. The van der Waals surface area contributed by atoms with Crippen LogP contribution in [0.4, 0.5) is 11.4 Å². The summed E-state index contributed by atoms with van der Waals surface area (Å²) < 4.78 is 0. The van der Waals surface area contributed by atoms with Crippen LogP contribution >= 0.6 is 22.7 Å². The molecule has 0 saturated carbocycles. The van der Waals surface area contributed by atoms with Crippen molar-refractivity contribution in [3.05, 3.63) is 153 Å². The van der Waals surface area contributed by atoms with E-state index < -0.39 is 0 Å². The molecule has 0 N–H and O–H groups in total. The minimum Gasteiger partial charge on any atom is -0.248 e. The van der Waals surface area contributed by atoms with Gasteiger partial charge >= 0.3 is 0 Å². The van der Waals surface area contributed by atoms with E-state index in [0.29, 0.717) is 0 Å². The quantitative estimate of drug-likeness (QED) is 0.0228. The van der Waals surface area contributed by atoms with Gasteiger partial charge in [0.05, 0.1) is 22.1 Å². The van der Waals surface area contributed by atoms with Gasteiger partial charge in [-0.3, -0.25) is 0 Å². The molecule has 406 valence electrons. The van der Waals surface area contributed by atoms with Crippen molar-refractivity contribution < 1.29 is 0 Å². The van der Waals surface area contributed by atoms with Gasteiger partial charge < -0.3 is 0 Å². The van der Waals surface area contributed by atoms with Crippen LogP contribution in [-0.2, 0) is 25.7 Å². The first-order valence-corrected chi connectivity index (χ1v) is 32.9. The second-order valence-corrected chi connectivity index (χ2v) is 25.3. The van der Waals surface area contributed by atoms with E-state index in [-0.39, 0.29) is 0 Å². The monoisotopic (exact) mass is 1070 g/mol. The summed E-state index contributed by atoms with van der Waals surface area (Å²) in [6.45, 7) is 9.22. The summed E-state index contributed by atoms with van der Waals surface area (Å²) in [5, 5.41) is 12.3. The summed E-state index contributed by atoms with van der Waals surface area (Å²) in [4.78, 5) is 17.3. The van der Waals surface area contributed by atoms with Crippen LogP contribution in [0.3, 0.4) is 0 Å². The fraction of sp³-hybridized carbons (Fsp3) is 0.432. The maximum absolute atomic E-state index is 5.82. The minimum atomic E-state index is 1.02. The Morgan fingerprint density at radius 1 is 0.308 bits per heavy atom. The number of unbranched alkanes of at least 4 members (excludes halogenated alkanes) is 20. The summed E-state index contributed by atoms with van der Waals surface area (Å²) in [7, 11) is 0. The molecular weight excluding hydrogens is 981 g/mol. The van der Waals surface area contributed by atoms with Crippen LogP contribution in [0, 0.1) is 0 Å². The van der Waals surface area contributed by atoms with Crippen molar-refractivity contribution in [2.75, 3.05) is 0 Å². The Balaban J connectivity index is 1.16. The van der Waals surface area contributed by atoms with Gasteiger partial charge in [0.2, 0.25) is 0 Å². The molecule has 0 radical (unpaired) electrons. The second kappa shape index (κ2) is 28.1. The van der Waals surface area contributed by atoms with Gasteiger partial charge in [-0.25, -0.2) is 9.98 Å². The van der Waals surface area contributed by atoms with Crippen LogP contribution in [0.5, 0.6) is 0 Å². The Hall–Kier alpha value is -5.42. The van der Waals surface area contributed by atoms with Crippen LogP contribution < -0.4 is 10.7 Å². The number of thiophene rings is 2. The van der Waals surface area contributed by atoms with Gasteiger partial charge in [0.15, 0.2) is 0 Å². The van der Waals surface area contributed by atoms with Gasteiger partial charge in [0.1, 0.15) is 0 Å². The van der Waals surface area contributed by atoms with Crippen molar-refractivity contribution in [1.29, 1.82) is 0 Å². The van der Waals surface area contributed by atoms with Crippen LogP contribution in [0.2, 0.25) is 0 Å². The third kappa shape index (κ3) is 13.3. The van der Waals surface area contributed by atoms with Gasteiger partial charge in [-0.1, -0.05) is 217 Å². The standard InChI is InChI=1S/C74H88N2S2/c1-5-9-13-17-21-25-31-53-39-43-55(44-40-53)75-73-61-37-29-35-59-64(68-50-48-58(78-68)34-28-24-20-16-12-8-4)52-66-72(69(59)61)71-65(73)51-63(67-49-47-57(77-67)33-27-23-19-15-11-7-3)60-36-30-38-62(70(60)71)74(66)76-56-45-41-54(42-46-56)32-26-22-18-14-10-6-2/h29-30,35-52H,5-28,31-34H2,1-4H3. The Bertz CT molecular complexity index is 3280. The van der Waals surface area contributed by atoms with Crippen molar-refractivity contribution in [3.8, 4) is 32.0 Å². The summed E-state index contributed by atoms with van der Waals surface area (Å²) >= 11 is 3.99. The molecule has 0 bridgehead atoms. The minimum absolute atomic E-state index is 1.02. The van der Waals surface area contributed by atoms with Crippen LogP contribution in [0.15, 0.2) is 131 Å². The molecule has 78 heavy (non-hydrogen) atoms. The molecule has 0 unspecified atom stereocenters.